The van der Waals surface area contributed by atoms with Crippen molar-refractivity contribution in [1.29, 1.82) is 0 Å². The summed E-state index contributed by atoms with van der Waals surface area (Å²) >= 11 is 0. The molecule has 0 aromatic heterocycles. The predicted octanol–water partition coefficient (Wildman–Crippen LogP) is -0.0693. The van der Waals surface area contributed by atoms with Crippen LogP contribution in [0.1, 0.15) is 13.3 Å². The summed E-state index contributed by atoms with van der Waals surface area (Å²) in [6.07, 6.45) is 0.720. The maximum absolute atomic E-state index is 6.05. The second-order valence-corrected chi connectivity index (χ2v) is 6.61. The van der Waals surface area contributed by atoms with E-state index in [2.05, 4.69) is 0 Å². The molecule has 0 rings (SSSR count). The minimum atomic E-state index is -2.57. The van der Waals surface area contributed by atoms with Crippen LogP contribution in [0.2, 0.25) is 6.04 Å². The Morgan fingerprint density at radius 1 is 1.14 bits per heavy atom. The Balaban J connectivity index is 4.41. The van der Waals surface area contributed by atoms with Crippen molar-refractivity contribution in [3.05, 3.63) is 0 Å². The van der Waals surface area contributed by atoms with Crippen LogP contribution in [0, 0.1) is 0 Å². The van der Waals surface area contributed by atoms with Crippen molar-refractivity contribution in [1.82, 2.24) is 0 Å². The molecule has 0 aliphatic carbocycles. The van der Waals surface area contributed by atoms with Gasteiger partial charge in [-0.3, -0.25) is 0 Å². The van der Waals surface area contributed by atoms with E-state index in [1.807, 2.05) is 6.92 Å². The van der Waals surface area contributed by atoms with Gasteiger partial charge in [-0.15, -0.1) is 0 Å². The van der Waals surface area contributed by atoms with Crippen LogP contribution in [-0.4, -0.2) is 42.2 Å². The third-order valence-electron chi connectivity index (χ3n) is 2.27. The Kier molecular flexibility index (Phi) is 5.80. The Hall–Kier alpha value is 0.0169. The van der Waals surface area contributed by atoms with Crippen molar-refractivity contribution in [2.24, 2.45) is 11.5 Å². The molecule has 0 aliphatic heterocycles. The number of hydrogen-bond acceptors (Lipinski definition) is 5. The van der Waals surface area contributed by atoms with Crippen LogP contribution < -0.4 is 11.5 Å². The fraction of sp³-hybridized carbons (Fsp3) is 1.00. The van der Waals surface area contributed by atoms with Crippen LogP contribution in [0.3, 0.4) is 0 Å². The van der Waals surface area contributed by atoms with Gasteiger partial charge < -0.3 is 24.7 Å². The Bertz CT molecular complexity index is 154. The topological polar surface area (TPSA) is 79.7 Å². The minimum absolute atomic E-state index is 0.400. The molecule has 0 aromatic carbocycles. The van der Waals surface area contributed by atoms with Gasteiger partial charge in [-0.05, 0) is 19.9 Å². The van der Waals surface area contributed by atoms with Crippen molar-refractivity contribution >= 4 is 8.80 Å². The summed E-state index contributed by atoms with van der Waals surface area (Å²) in [6, 6.07) is 0.570. The summed E-state index contributed by atoms with van der Waals surface area (Å²) in [7, 11) is 2.17. The van der Waals surface area contributed by atoms with E-state index < -0.39 is 14.3 Å². The molecule has 0 saturated carbocycles. The largest absolute Gasteiger partial charge is 0.502 e. The summed E-state index contributed by atoms with van der Waals surface area (Å²) in [6.45, 7) is 2.48. The Morgan fingerprint density at radius 2 is 1.57 bits per heavy atom. The molecular formula is C8H22N2O3Si. The van der Waals surface area contributed by atoms with Gasteiger partial charge in [0, 0.05) is 32.9 Å². The fourth-order valence-electron chi connectivity index (χ4n) is 1.38. The smallest absolute Gasteiger partial charge is 0.377 e. The lowest BCUT2D eigenvalue weighted by atomic mass is 10.0. The molecular weight excluding hydrogens is 200 g/mol. The highest BCUT2D eigenvalue weighted by molar-refractivity contribution is 6.60. The van der Waals surface area contributed by atoms with E-state index in [-0.39, 0.29) is 0 Å². The third-order valence-corrected chi connectivity index (χ3v) is 5.38. The molecule has 6 heteroatoms. The average Bonchev–Trinajstić information content (AvgIpc) is 2.14. The first-order chi connectivity index (χ1) is 6.45. The molecule has 4 N–H and O–H groups in total. The van der Waals surface area contributed by atoms with E-state index in [1.54, 1.807) is 21.3 Å². The van der Waals surface area contributed by atoms with Gasteiger partial charge in [0.15, 0.2) is 0 Å². The van der Waals surface area contributed by atoms with E-state index >= 15 is 0 Å². The van der Waals surface area contributed by atoms with Gasteiger partial charge in [0.1, 0.15) is 0 Å². The van der Waals surface area contributed by atoms with Crippen LogP contribution in [-0.2, 0) is 13.3 Å². The highest BCUT2D eigenvalue weighted by Gasteiger charge is 2.43. The molecule has 5 nitrogen and oxygen atoms in total. The zero-order valence-electron chi connectivity index (χ0n) is 9.50. The van der Waals surface area contributed by atoms with Crippen LogP contribution in [0.4, 0.5) is 0 Å². The van der Waals surface area contributed by atoms with Crippen LogP contribution in [0.15, 0.2) is 0 Å². The van der Waals surface area contributed by atoms with Crippen LogP contribution in [0.25, 0.3) is 0 Å². The molecule has 86 valence electrons. The summed E-state index contributed by atoms with van der Waals surface area (Å²) < 4.78 is 15.9. The second-order valence-electron chi connectivity index (χ2n) is 3.66. The molecule has 0 fully saturated rings. The van der Waals surface area contributed by atoms with Crippen molar-refractivity contribution in [2.75, 3.05) is 27.9 Å². The van der Waals surface area contributed by atoms with Gasteiger partial charge in [-0.2, -0.15) is 0 Å². The average molecular weight is 222 g/mol. The molecule has 0 radical (unpaired) electrons. The first-order valence-corrected chi connectivity index (χ1v) is 6.53. The highest BCUT2D eigenvalue weighted by Crippen LogP contribution is 2.22. The van der Waals surface area contributed by atoms with Crippen molar-refractivity contribution in [2.45, 2.75) is 24.9 Å². The monoisotopic (exact) mass is 222 g/mol. The summed E-state index contributed by atoms with van der Waals surface area (Å²) in [5.41, 5.74) is 11.1. The zero-order chi connectivity index (χ0) is 11.2. The normalized spacial score (nSPS) is 16.7. The third kappa shape index (κ3) is 4.03. The number of rotatable bonds is 7. The van der Waals surface area contributed by atoms with Gasteiger partial charge in [-0.1, -0.05) is 0 Å². The molecule has 0 bridgehead atoms. The lowest BCUT2D eigenvalue weighted by molar-refractivity contribution is 0.116. The molecule has 0 spiro atoms. The molecule has 0 heterocycles. The SMILES string of the molecule is CO[Si](CC(C)(N)CCN)(OC)OC. The van der Waals surface area contributed by atoms with Gasteiger partial charge in [-0.25, -0.2) is 0 Å². The van der Waals surface area contributed by atoms with Crippen molar-refractivity contribution in [3.63, 3.8) is 0 Å². The summed E-state index contributed by atoms with van der Waals surface area (Å²) in [4.78, 5) is 0. The Morgan fingerprint density at radius 3 is 1.86 bits per heavy atom. The van der Waals surface area contributed by atoms with Crippen LogP contribution >= 0.6 is 0 Å². The van der Waals surface area contributed by atoms with E-state index in [1.165, 1.54) is 0 Å². The summed E-state index contributed by atoms with van der Waals surface area (Å²) in [5, 5.41) is 0. The first-order valence-electron chi connectivity index (χ1n) is 4.59. The number of nitrogens with two attached hydrogens (primary N) is 2. The molecule has 1 unspecified atom stereocenters. The Labute approximate surface area is 87.1 Å². The predicted molar refractivity (Wildman–Crippen MR) is 57.9 cm³/mol. The molecule has 1 atom stereocenters. The minimum Gasteiger partial charge on any atom is -0.377 e. The fourth-order valence-corrected chi connectivity index (χ4v) is 3.48. The molecule has 14 heavy (non-hydrogen) atoms. The maximum Gasteiger partial charge on any atom is 0.502 e. The van der Waals surface area contributed by atoms with Gasteiger partial charge >= 0.3 is 8.80 Å². The van der Waals surface area contributed by atoms with Crippen molar-refractivity contribution in [3.8, 4) is 0 Å². The summed E-state index contributed by atoms with van der Waals surface area (Å²) in [5.74, 6) is 0. The van der Waals surface area contributed by atoms with E-state index in [9.17, 15) is 0 Å². The zero-order valence-corrected chi connectivity index (χ0v) is 10.5. The lowest BCUT2D eigenvalue weighted by Gasteiger charge is -2.32. The van der Waals surface area contributed by atoms with E-state index in [0.29, 0.717) is 12.6 Å². The van der Waals surface area contributed by atoms with Gasteiger partial charge in [0.2, 0.25) is 0 Å². The second kappa shape index (κ2) is 5.79. The van der Waals surface area contributed by atoms with Gasteiger partial charge in [0.25, 0.3) is 0 Å². The molecule has 0 saturated heterocycles. The van der Waals surface area contributed by atoms with Gasteiger partial charge in [0.05, 0.1) is 0 Å². The highest BCUT2D eigenvalue weighted by atomic mass is 28.4. The standard InChI is InChI=1S/C8H22N2O3Si/c1-8(10,5-6-9)7-14(11-2,12-3)13-4/h5-7,9-10H2,1-4H3. The number of hydrogen-bond donors (Lipinski definition) is 2. The maximum atomic E-state index is 6.05. The van der Waals surface area contributed by atoms with E-state index in [0.717, 1.165) is 6.42 Å². The molecule has 0 aliphatic rings. The van der Waals surface area contributed by atoms with Crippen molar-refractivity contribution < 1.29 is 13.3 Å². The first kappa shape index (κ1) is 14.0. The molecule has 0 amide bonds. The lowest BCUT2D eigenvalue weighted by Crippen LogP contribution is -2.53. The quantitative estimate of drug-likeness (QED) is 0.590. The van der Waals surface area contributed by atoms with Crippen LogP contribution in [0.5, 0.6) is 0 Å². The molecule has 0 aromatic rings. The van der Waals surface area contributed by atoms with E-state index in [4.69, 9.17) is 24.7 Å².